The summed E-state index contributed by atoms with van der Waals surface area (Å²) in [5.74, 6) is 1.68. The smallest absolute Gasteiger partial charge is 0.163 e. The fourth-order valence-electron chi connectivity index (χ4n) is 5.08. The predicted octanol–water partition coefficient (Wildman–Crippen LogP) is 7.10. The first kappa shape index (κ1) is 20.9. The van der Waals surface area contributed by atoms with Crippen LogP contribution >= 0.6 is 11.6 Å². The molecular formula is C28H23ClN2O3. The van der Waals surface area contributed by atoms with Crippen LogP contribution in [0.4, 0.5) is 11.4 Å². The van der Waals surface area contributed by atoms with E-state index < -0.39 is 0 Å². The molecule has 0 fully saturated rings. The van der Waals surface area contributed by atoms with Gasteiger partial charge in [-0.25, -0.2) is 0 Å². The van der Waals surface area contributed by atoms with Gasteiger partial charge in [-0.05, 0) is 60.5 Å². The van der Waals surface area contributed by atoms with Crippen molar-refractivity contribution in [1.82, 2.24) is 0 Å². The fraction of sp³-hybridized carbons (Fsp3) is 0.179. The molecule has 1 aliphatic carbocycles. The molecule has 2 aromatic heterocycles. The molecule has 0 bridgehead atoms. The van der Waals surface area contributed by atoms with Crippen LogP contribution in [0.15, 0.2) is 105 Å². The SMILES string of the molecule is O=C1C[C@H](c2ccco2)CC2=C1[C@@H](c1ccco1)N(Cc1ccc(Cl)cc1)c1ccccc1N2. The van der Waals surface area contributed by atoms with E-state index in [2.05, 4.69) is 22.3 Å². The molecule has 1 N–H and O–H groups in total. The van der Waals surface area contributed by atoms with E-state index in [0.717, 1.165) is 39.7 Å². The molecule has 3 heterocycles. The highest BCUT2D eigenvalue weighted by Gasteiger charge is 2.41. The molecule has 6 rings (SSSR count). The summed E-state index contributed by atoms with van der Waals surface area (Å²) in [6.45, 7) is 0.590. The number of nitrogens with zero attached hydrogens (tertiary/aromatic N) is 1. The molecule has 0 saturated carbocycles. The number of halogens is 1. The number of furan rings is 2. The lowest BCUT2D eigenvalue weighted by atomic mass is 9.81. The van der Waals surface area contributed by atoms with Crippen LogP contribution in [0.3, 0.4) is 0 Å². The summed E-state index contributed by atoms with van der Waals surface area (Å²) in [4.78, 5) is 16.0. The van der Waals surface area contributed by atoms with Crippen molar-refractivity contribution in [3.8, 4) is 0 Å². The molecule has 0 radical (unpaired) electrons. The maximum absolute atomic E-state index is 13.8. The van der Waals surface area contributed by atoms with Crippen molar-refractivity contribution in [3.05, 3.63) is 119 Å². The van der Waals surface area contributed by atoms with Gasteiger partial charge in [0.25, 0.3) is 0 Å². The van der Waals surface area contributed by atoms with Crippen LogP contribution in [0.5, 0.6) is 0 Å². The number of fused-ring (bicyclic) bond motifs is 1. The zero-order valence-corrected chi connectivity index (χ0v) is 19.2. The molecule has 0 unspecified atom stereocenters. The second kappa shape index (κ2) is 8.58. The van der Waals surface area contributed by atoms with Crippen molar-refractivity contribution in [2.24, 2.45) is 0 Å². The van der Waals surface area contributed by atoms with E-state index in [0.29, 0.717) is 24.4 Å². The van der Waals surface area contributed by atoms with E-state index >= 15 is 0 Å². The quantitative estimate of drug-likeness (QED) is 0.344. The number of Topliss-reactive ketones (excluding diaryl/α,β-unsaturated/α-hetero) is 1. The molecular weight excluding hydrogens is 448 g/mol. The number of benzene rings is 2. The van der Waals surface area contributed by atoms with Gasteiger partial charge in [0.15, 0.2) is 5.78 Å². The summed E-state index contributed by atoms with van der Waals surface area (Å²) in [5, 5.41) is 4.31. The minimum absolute atomic E-state index is 0.000906. The van der Waals surface area contributed by atoms with Gasteiger partial charge in [0.05, 0.1) is 23.9 Å². The van der Waals surface area contributed by atoms with E-state index in [-0.39, 0.29) is 17.7 Å². The topological polar surface area (TPSA) is 58.6 Å². The Kier molecular flexibility index (Phi) is 5.27. The standard InChI is InChI=1S/C28H23ClN2O3/c29-20-11-9-18(10-12-20)17-31-23-6-2-1-5-21(23)30-22-15-19(25-7-3-13-33-25)16-24(32)27(22)28(31)26-8-4-14-34-26/h1-14,19,28,30H,15-17H2/t19-,28-/m1/s1. The third-order valence-corrected chi connectivity index (χ3v) is 6.87. The predicted molar refractivity (Wildman–Crippen MR) is 132 cm³/mol. The summed E-state index contributed by atoms with van der Waals surface area (Å²) >= 11 is 6.14. The molecule has 6 heteroatoms. The van der Waals surface area contributed by atoms with Crippen LogP contribution in [-0.2, 0) is 11.3 Å². The summed E-state index contributed by atoms with van der Waals surface area (Å²) in [5.41, 5.74) is 4.74. The number of nitrogens with one attached hydrogen (secondary N) is 1. The van der Waals surface area contributed by atoms with E-state index in [1.165, 1.54) is 0 Å². The summed E-state index contributed by atoms with van der Waals surface area (Å²) in [6, 6.07) is 23.3. The van der Waals surface area contributed by atoms with E-state index in [1.54, 1.807) is 12.5 Å². The van der Waals surface area contributed by atoms with Gasteiger partial charge in [0, 0.05) is 35.2 Å². The Morgan fingerprint density at radius 2 is 1.62 bits per heavy atom. The van der Waals surface area contributed by atoms with Crippen LogP contribution in [0.2, 0.25) is 5.02 Å². The van der Waals surface area contributed by atoms with Crippen molar-refractivity contribution < 1.29 is 13.6 Å². The normalized spacial score (nSPS) is 19.9. The first-order valence-corrected chi connectivity index (χ1v) is 11.8. The fourth-order valence-corrected chi connectivity index (χ4v) is 5.21. The Morgan fingerprint density at radius 3 is 2.35 bits per heavy atom. The van der Waals surface area contributed by atoms with E-state index in [9.17, 15) is 4.79 Å². The summed E-state index contributed by atoms with van der Waals surface area (Å²) in [6.07, 6.45) is 4.42. The van der Waals surface area contributed by atoms with Gasteiger partial charge in [0.2, 0.25) is 0 Å². The number of para-hydroxylation sites is 2. The number of hydrogen-bond donors (Lipinski definition) is 1. The van der Waals surface area contributed by atoms with Gasteiger partial charge in [-0.3, -0.25) is 4.79 Å². The second-order valence-corrected chi connectivity index (χ2v) is 9.19. The van der Waals surface area contributed by atoms with Crippen molar-refractivity contribution in [1.29, 1.82) is 0 Å². The number of allylic oxidation sites excluding steroid dienone is 1. The zero-order chi connectivity index (χ0) is 23.1. The van der Waals surface area contributed by atoms with Gasteiger partial charge in [0.1, 0.15) is 17.6 Å². The maximum atomic E-state index is 13.8. The van der Waals surface area contributed by atoms with Gasteiger partial charge in [-0.15, -0.1) is 0 Å². The molecule has 1 aliphatic heterocycles. The first-order chi connectivity index (χ1) is 16.7. The number of rotatable bonds is 4. The molecule has 4 aromatic rings. The zero-order valence-electron chi connectivity index (χ0n) is 18.4. The Morgan fingerprint density at radius 1 is 0.882 bits per heavy atom. The molecule has 2 atom stereocenters. The van der Waals surface area contributed by atoms with E-state index in [1.807, 2.05) is 60.7 Å². The molecule has 34 heavy (non-hydrogen) atoms. The first-order valence-electron chi connectivity index (χ1n) is 11.4. The molecule has 0 saturated heterocycles. The Labute approximate surface area is 202 Å². The molecule has 170 valence electrons. The van der Waals surface area contributed by atoms with Crippen molar-refractivity contribution in [2.75, 3.05) is 10.2 Å². The number of carbonyl (C=O) groups is 1. The highest BCUT2D eigenvalue weighted by Crippen LogP contribution is 2.47. The van der Waals surface area contributed by atoms with Crippen LogP contribution < -0.4 is 10.2 Å². The highest BCUT2D eigenvalue weighted by atomic mass is 35.5. The third kappa shape index (κ3) is 3.72. The lowest BCUT2D eigenvalue weighted by molar-refractivity contribution is -0.116. The second-order valence-electron chi connectivity index (χ2n) is 8.75. The van der Waals surface area contributed by atoms with Crippen LogP contribution in [-0.4, -0.2) is 5.78 Å². The van der Waals surface area contributed by atoms with Gasteiger partial charge in [-0.2, -0.15) is 0 Å². The van der Waals surface area contributed by atoms with Gasteiger partial charge in [-0.1, -0.05) is 35.9 Å². The largest absolute Gasteiger partial charge is 0.469 e. The monoisotopic (exact) mass is 470 g/mol. The molecule has 5 nitrogen and oxygen atoms in total. The minimum atomic E-state index is -0.359. The van der Waals surface area contributed by atoms with Crippen LogP contribution in [0.1, 0.15) is 41.9 Å². The molecule has 0 amide bonds. The highest BCUT2D eigenvalue weighted by molar-refractivity contribution is 6.30. The number of hydrogen-bond acceptors (Lipinski definition) is 5. The average Bonchev–Trinajstić information content (AvgIpc) is 3.55. The molecule has 0 spiro atoms. The third-order valence-electron chi connectivity index (χ3n) is 6.62. The lowest BCUT2D eigenvalue weighted by Gasteiger charge is -2.34. The molecule has 2 aromatic carbocycles. The van der Waals surface area contributed by atoms with Crippen molar-refractivity contribution in [3.63, 3.8) is 0 Å². The Hall–Kier alpha value is -3.70. The minimum Gasteiger partial charge on any atom is -0.469 e. The van der Waals surface area contributed by atoms with Gasteiger partial charge < -0.3 is 19.1 Å². The van der Waals surface area contributed by atoms with Crippen molar-refractivity contribution in [2.45, 2.75) is 31.3 Å². The number of carbonyl (C=O) groups excluding carboxylic acids is 1. The van der Waals surface area contributed by atoms with Crippen LogP contribution in [0, 0.1) is 0 Å². The molecule has 2 aliphatic rings. The number of ketones is 1. The Balaban J connectivity index is 1.51. The lowest BCUT2D eigenvalue weighted by Crippen LogP contribution is -2.33. The van der Waals surface area contributed by atoms with Gasteiger partial charge >= 0.3 is 0 Å². The Bertz CT molecular complexity index is 1340. The maximum Gasteiger partial charge on any atom is 0.163 e. The van der Waals surface area contributed by atoms with E-state index in [4.69, 9.17) is 20.4 Å². The summed E-state index contributed by atoms with van der Waals surface area (Å²) < 4.78 is 11.6. The number of anilines is 2. The average molecular weight is 471 g/mol. The van der Waals surface area contributed by atoms with Crippen LogP contribution in [0.25, 0.3) is 0 Å². The summed E-state index contributed by atoms with van der Waals surface area (Å²) in [7, 11) is 0. The van der Waals surface area contributed by atoms with Crippen molar-refractivity contribution >= 4 is 28.8 Å².